The van der Waals surface area contributed by atoms with Crippen molar-refractivity contribution < 1.29 is 4.79 Å². The highest BCUT2D eigenvalue weighted by Gasteiger charge is 2.52. The van der Waals surface area contributed by atoms with E-state index in [9.17, 15) is 4.79 Å². The first kappa shape index (κ1) is 12.0. The van der Waals surface area contributed by atoms with Crippen molar-refractivity contribution >= 4 is 11.5 Å². The zero-order valence-electron chi connectivity index (χ0n) is 11.0. The number of rotatable bonds is 4. The minimum atomic E-state index is -0.369. The Bertz CT molecular complexity index is 609. The number of nitrogens with two attached hydrogens (primary N) is 1. The number of nitrogens with zero attached hydrogens (tertiary/aromatic N) is 2. The summed E-state index contributed by atoms with van der Waals surface area (Å²) >= 11 is 0. The van der Waals surface area contributed by atoms with Crippen LogP contribution in [0.25, 0.3) is 0 Å². The van der Waals surface area contributed by atoms with E-state index in [1.54, 1.807) is 6.20 Å². The molecule has 0 bridgehead atoms. The van der Waals surface area contributed by atoms with Gasteiger partial charge in [-0.1, -0.05) is 12.1 Å². The minimum absolute atomic E-state index is 0.129. The number of Topliss-reactive ketones (excluding diaryl/α,β-unsaturated/α-hetero) is 1. The number of ketones is 1. The molecule has 0 aliphatic heterocycles. The highest BCUT2D eigenvalue weighted by Crippen LogP contribution is 2.50. The number of hydrogen-bond donors (Lipinski definition) is 1. The molecule has 4 nitrogen and oxygen atoms in total. The summed E-state index contributed by atoms with van der Waals surface area (Å²) in [5.41, 5.74) is 7.11. The molecule has 0 spiro atoms. The van der Waals surface area contributed by atoms with Crippen LogP contribution in [0.2, 0.25) is 0 Å². The van der Waals surface area contributed by atoms with Gasteiger partial charge in [0.05, 0.1) is 5.41 Å². The van der Waals surface area contributed by atoms with Gasteiger partial charge in [-0.25, -0.2) is 4.98 Å². The number of carbonyl (C=O) groups excluding carboxylic acids is 1. The van der Waals surface area contributed by atoms with E-state index in [2.05, 4.69) is 4.98 Å². The highest BCUT2D eigenvalue weighted by molar-refractivity contribution is 6.03. The summed E-state index contributed by atoms with van der Waals surface area (Å²) in [6.07, 6.45) is 5.33. The van der Waals surface area contributed by atoms with Crippen LogP contribution in [-0.4, -0.2) is 15.3 Å². The topological polar surface area (TPSA) is 60.9 Å². The monoisotopic (exact) mass is 255 g/mol. The van der Waals surface area contributed by atoms with Gasteiger partial charge in [0, 0.05) is 24.6 Å². The zero-order chi connectivity index (χ0) is 13.5. The fourth-order valence-electron chi connectivity index (χ4n) is 2.56. The van der Waals surface area contributed by atoms with Crippen molar-refractivity contribution in [2.45, 2.75) is 31.7 Å². The predicted octanol–water partition coefficient (Wildman–Crippen LogP) is 2.40. The Morgan fingerprint density at radius 3 is 2.63 bits per heavy atom. The van der Waals surface area contributed by atoms with E-state index in [0.717, 1.165) is 30.6 Å². The van der Waals surface area contributed by atoms with Crippen molar-refractivity contribution in [3.05, 3.63) is 48.0 Å². The lowest BCUT2D eigenvalue weighted by Crippen LogP contribution is -2.24. The second-order valence-electron chi connectivity index (χ2n) is 5.07. The predicted molar refractivity (Wildman–Crippen MR) is 74.0 cm³/mol. The maximum absolute atomic E-state index is 12.7. The molecule has 19 heavy (non-hydrogen) atoms. The van der Waals surface area contributed by atoms with Crippen molar-refractivity contribution in [1.29, 1.82) is 0 Å². The van der Waals surface area contributed by atoms with Gasteiger partial charge in [-0.15, -0.1) is 0 Å². The lowest BCUT2D eigenvalue weighted by molar-refractivity contribution is 0.0931. The lowest BCUT2D eigenvalue weighted by atomic mass is 9.90. The maximum atomic E-state index is 12.7. The van der Waals surface area contributed by atoms with Gasteiger partial charge < -0.3 is 10.3 Å². The third-order valence-corrected chi connectivity index (χ3v) is 3.91. The first-order valence-corrected chi connectivity index (χ1v) is 6.59. The van der Waals surface area contributed by atoms with Crippen LogP contribution >= 0.6 is 0 Å². The second kappa shape index (κ2) is 4.23. The van der Waals surface area contributed by atoms with E-state index in [4.69, 9.17) is 5.73 Å². The van der Waals surface area contributed by atoms with E-state index in [1.807, 2.05) is 42.0 Å². The molecule has 0 atom stereocenters. The Morgan fingerprint density at radius 1 is 1.37 bits per heavy atom. The molecule has 1 aromatic carbocycles. The van der Waals surface area contributed by atoms with Gasteiger partial charge in [-0.05, 0) is 37.5 Å². The first-order valence-electron chi connectivity index (χ1n) is 6.59. The van der Waals surface area contributed by atoms with Gasteiger partial charge in [0.15, 0.2) is 5.82 Å². The van der Waals surface area contributed by atoms with Crippen LogP contribution in [0.1, 0.15) is 35.9 Å². The van der Waals surface area contributed by atoms with Crippen LogP contribution in [0, 0.1) is 0 Å². The van der Waals surface area contributed by atoms with Crippen LogP contribution in [-0.2, 0) is 12.0 Å². The number of benzene rings is 1. The maximum Gasteiger partial charge on any atom is 0.208 e. The standard InChI is InChI=1S/C15H17N3O/c1-2-18-10-9-17-14(18)13(19)15(7-8-15)11-3-5-12(16)6-4-11/h3-6,9-10H,2,7-8,16H2,1H3. The van der Waals surface area contributed by atoms with Crippen LogP contribution in [0.3, 0.4) is 0 Å². The van der Waals surface area contributed by atoms with Crippen molar-refractivity contribution in [3.63, 3.8) is 0 Å². The fourth-order valence-corrected chi connectivity index (χ4v) is 2.56. The molecule has 2 aromatic rings. The van der Waals surface area contributed by atoms with Crippen LogP contribution in [0.15, 0.2) is 36.7 Å². The largest absolute Gasteiger partial charge is 0.399 e. The van der Waals surface area contributed by atoms with Gasteiger partial charge in [0.2, 0.25) is 5.78 Å². The summed E-state index contributed by atoms with van der Waals surface area (Å²) in [5, 5.41) is 0. The number of imidazole rings is 1. The summed E-state index contributed by atoms with van der Waals surface area (Å²) < 4.78 is 1.90. The molecule has 1 aliphatic rings. The van der Waals surface area contributed by atoms with Crippen molar-refractivity contribution in [2.75, 3.05) is 5.73 Å². The molecule has 2 N–H and O–H groups in total. The molecule has 1 heterocycles. The van der Waals surface area contributed by atoms with Gasteiger partial charge in [0.25, 0.3) is 0 Å². The Hall–Kier alpha value is -2.10. The third kappa shape index (κ3) is 1.84. The number of nitrogen functional groups attached to an aromatic ring is 1. The van der Waals surface area contributed by atoms with Gasteiger partial charge in [-0.3, -0.25) is 4.79 Å². The van der Waals surface area contributed by atoms with Crippen molar-refractivity contribution in [3.8, 4) is 0 Å². The number of aryl methyl sites for hydroxylation is 1. The first-order chi connectivity index (χ1) is 9.17. The average molecular weight is 255 g/mol. The highest BCUT2D eigenvalue weighted by atomic mass is 16.1. The molecule has 4 heteroatoms. The summed E-state index contributed by atoms with van der Waals surface area (Å²) in [6, 6.07) is 7.63. The van der Waals surface area contributed by atoms with Crippen LogP contribution in [0.4, 0.5) is 5.69 Å². The Kier molecular flexibility index (Phi) is 2.66. The lowest BCUT2D eigenvalue weighted by Gasteiger charge is -2.15. The Labute approximate surface area is 112 Å². The SMILES string of the molecule is CCn1ccnc1C(=O)C1(c2ccc(N)cc2)CC1. The summed E-state index contributed by atoms with van der Waals surface area (Å²) in [6.45, 7) is 2.78. The smallest absolute Gasteiger partial charge is 0.208 e. The molecule has 3 rings (SSSR count). The molecule has 0 radical (unpaired) electrons. The molecule has 1 aromatic heterocycles. The van der Waals surface area contributed by atoms with E-state index in [0.29, 0.717) is 5.82 Å². The van der Waals surface area contributed by atoms with Crippen LogP contribution in [0.5, 0.6) is 0 Å². The quantitative estimate of drug-likeness (QED) is 0.674. The third-order valence-electron chi connectivity index (χ3n) is 3.91. The van der Waals surface area contributed by atoms with Crippen LogP contribution < -0.4 is 5.73 Å². The number of carbonyl (C=O) groups is 1. The van der Waals surface area contributed by atoms with Gasteiger partial charge >= 0.3 is 0 Å². The van der Waals surface area contributed by atoms with Crippen molar-refractivity contribution in [1.82, 2.24) is 9.55 Å². The fraction of sp³-hybridized carbons (Fsp3) is 0.333. The van der Waals surface area contributed by atoms with E-state index in [-0.39, 0.29) is 11.2 Å². The molecule has 1 saturated carbocycles. The van der Waals surface area contributed by atoms with E-state index < -0.39 is 0 Å². The number of hydrogen-bond acceptors (Lipinski definition) is 3. The molecule has 0 unspecified atom stereocenters. The average Bonchev–Trinajstić information content (AvgIpc) is 3.09. The zero-order valence-corrected chi connectivity index (χ0v) is 11.0. The molecular formula is C15H17N3O. The van der Waals surface area contributed by atoms with Gasteiger partial charge in [0.1, 0.15) is 0 Å². The van der Waals surface area contributed by atoms with E-state index >= 15 is 0 Å². The minimum Gasteiger partial charge on any atom is -0.399 e. The molecular weight excluding hydrogens is 238 g/mol. The Morgan fingerprint density at radius 2 is 2.05 bits per heavy atom. The summed E-state index contributed by atoms with van der Waals surface area (Å²) in [5.74, 6) is 0.695. The summed E-state index contributed by atoms with van der Waals surface area (Å²) in [4.78, 5) is 17.0. The van der Waals surface area contributed by atoms with E-state index in [1.165, 1.54) is 0 Å². The van der Waals surface area contributed by atoms with Crippen molar-refractivity contribution in [2.24, 2.45) is 0 Å². The molecule has 1 fully saturated rings. The number of anilines is 1. The normalized spacial score (nSPS) is 16.3. The summed E-state index contributed by atoms with van der Waals surface area (Å²) in [7, 11) is 0. The molecule has 1 aliphatic carbocycles. The second-order valence-corrected chi connectivity index (χ2v) is 5.07. The molecule has 0 amide bonds. The molecule has 0 saturated heterocycles. The molecule has 98 valence electrons. The number of aromatic nitrogens is 2. The Balaban J connectivity index is 1.97. The van der Waals surface area contributed by atoms with Gasteiger partial charge in [-0.2, -0.15) is 0 Å².